The fourth-order valence-corrected chi connectivity index (χ4v) is 1.59. The zero-order valence-electron chi connectivity index (χ0n) is 9.31. The summed E-state index contributed by atoms with van der Waals surface area (Å²) in [6, 6.07) is 0.845. The molecule has 1 saturated heterocycles. The Morgan fingerprint density at radius 3 is 3.20 bits per heavy atom. The third-order valence-corrected chi connectivity index (χ3v) is 2.50. The Kier molecular flexibility index (Phi) is 3.33. The van der Waals surface area contributed by atoms with E-state index in [4.69, 9.17) is 4.74 Å². The molecular weight excluding hydrogens is 192 g/mol. The third kappa shape index (κ3) is 2.76. The van der Waals surface area contributed by atoms with E-state index in [1.807, 2.05) is 4.68 Å². The molecule has 5 heteroatoms. The molecule has 0 spiro atoms. The van der Waals surface area contributed by atoms with Gasteiger partial charge in [0.2, 0.25) is 0 Å². The summed E-state index contributed by atoms with van der Waals surface area (Å²) in [4.78, 5) is 4.27. The van der Waals surface area contributed by atoms with Gasteiger partial charge in [0.15, 0.2) is 5.82 Å². The Hall–Kier alpha value is -0.940. The maximum absolute atomic E-state index is 5.31. The third-order valence-electron chi connectivity index (χ3n) is 2.50. The van der Waals surface area contributed by atoms with Gasteiger partial charge in [0, 0.05) is 12.6 Å². The monoisotopic (exact) mass is 210 g/mol. The summed E-state index contributed by atoms with van der Waals surface area (Å²) in [5.74, 6) is 0.857. The number of nitrogens with one attached hydrogen (secondary N) is 1. The van der Waals surface area contributed by atoms with Gasteiger partial charge >= 0.3 is 0 Å². The highest BCUT2D eigenvalue weighted by Crippen LogP contribution is 2.16. The predicted molar refractivity (Wildman–Crippen MR) is 56.5 cm³/mol. The molecule has 1 aromatic rings. The van der Waals surface area contributed by atoms with Crippen molar-refractivity contribution in [2.75, 3.05) is 13.2 Å². The SMILES string of the molecule is CC(C)NCc1ncn(C2CCOC2)n1. The van der Waals surface area contributed by atoms with Crippen LogP contribution in [0.15, 0.2) is 6.33 Å². The van der Waals surface area contributed by atoms with Crippen molar-refractivity contribution in [3.05, 3.63) is 12.2 Å². The Bertz CT molecular complexity index is 304. The number of ether oxygens (including phenoxy) is 1. The molecule has 1 aliphatic rings. The van der Waals surface area contributed by atoms with Gasteiger partial charge in [-0.25, -0.2) is 9.67 Å². The Labute approximate surface area is 89.8 Å². The van der Waals surface area contributed by atoms with Crippen LogP contribution in [0.2, 0.25) is 0 Å². The van der Waals surface area contributed by atoms with E-state index < -0.39 is 0 Å². The van der Waals surface area contributed by atoms with Crippen LogP contribution in [0, 0.1) is 0 Å². The second-order valence-electron chi connectivity index (χ2n) is 4.19. The Morgan fingerprint density at radius 2 is 2.53 bits per heavy atom. The largest absolute Gasteiger partial charge is 0.379 e. The second kappa shape index (κ2) is 4.72. The van der Waals surface area contributed by atoms with Gasteiger partial charge in [0.25, 0.3) is 0 Å². The lowest BCUT2D eigenvalue weighted by Crippen LogP contribution is -2.22. The highest BCUT2D eigenvalue weighted by Gasteiger charge is 2.18. The molecule has 1 unspecified atom stereocenters. The minimum Gasteiger partial charge on any atom is -0.379 e. The number of aromatic nitrogens is 3. The number of hydrogen-bond donors (Lipinski definition) is 1. The van der Waals surface area contributed by atoms with Crippen molar-refractivity contribution in [1.29, 1.82) is 0 Å². The first-order chi connectivity index (χ1) is 7.25. The van der Waals surface area contributed by atoms with E-state index in [2.05, 4.69) is 29.2 Å². The van der Waals surface area contributed by atoms with E-state index in [-0.39, 0.29) is 0 Å². The summed E-state index contributed by atoms with van der Waals surface area (Å²) < 4.78 is 7.24. The normalized spacial score (nSPS) is 21.4. The summed E-state index contributed by atoms with van der Waals surface area (Å²) in [7, 11) is 0. The van der Waals surface area contributed by atoms with Crippen molar-refractivity contribution in [3.8, 4) is 0 Å². The average molecular weight is 210 g/mol. The van der Waals surface area contributed by atoms with Crippen LogP contribution in [-0.4, -0.2) is 34.0 Å². The number of rotatable bonds is 4. The minimum atomic E-state index is 0.380. The van der Waals surface area contributed by atoms with Gasteiger partial charge in [-0.3, -0.25) is 0 Å². The van der Waals surface area contributed by atoms with Crippen LogP contribution >= 0.6 is 0 Å². The molecular formula is C10H18N4O. The van der Waals surface area contributed by atoms with Gasteiger partial charge in [-0.05, 0) is 6.42 Å². The molecule has 2 heterocycles. The molecule has 5 nitrogen and oxygen atoms in total. The molecule has 0 amide bonds. The molecule has 84 valence electrons. The van der Waals surface area contributed by atoms with Crippen LogP contribution in [0.3, 0.4) is 0 Å². The van der Waals surface area contributed by atoms with Crippen LogP contribution in [0.5, 0.6) is 0 Å². The van der Waals surface area contributed by atoms with Crippen molar-refractivity contribution < 1.29 is 4.74 Å². The summed E-state index contributed by atoms with van der Waals surface area (Å²) in [5.41, 5.74) is 0. The molecule has 1 fully saturated rings. The van der Waals surface area contributed by atoms with Gasteiger partial charge in [-0.15, -0.1) is 0 Å². The van der Waals surface area contributed by atoms with Crippen molar-refractivity contribution in [2.45, 2.75) is 38.9 Å². The molecule has 1 N–H and O–H groups in total. The predicted octanol–water partition coefficient (Wildman–Crippen LogP) is 0.737. The van der Waals surface area contributed by atoms with Gasteiger partial charge in [0.05, 0.1) is 19.2 Å². The Morgan fingerprint density at radius 1 is 1.67 bits per heavy atom. The highest BCUT2D eigenvalue weighted by molar-refractivity contribution is 4.84. The van der Waals surface area contributed by atoms with Crippen LogP contribution in [-0.2, 0) is 11.3 Å². The van der Waals surface area contributed by atoms with E-state index in [9.17, 15) is 0 Å². The highest BCUT2D eigenvalue weighted by atomic mass is 16.5. The number of nitrogens with zero attached hydrogens (tertiary/aromatic N) is 3. The molecule has 1 aliphatic heterocycles. The lowest BCUT2D eigenvalue weighted by Gasteiger charge is -2.06. The molecule has 0 bridgehead atoms. The topological polar surface area (TPSA) is 52.0 Å². The maximum Gasteiger partial charge on any atom is 0.164 e. The summed E-state index contributed by atoms with van der Waals surface area (Å²) in [6.45, 7) is 6.56. The molecule has 0 radical (unpaired) electrons. The van der Waals surface area contributed by atoms with Crippen LogP contribution in [0.1, 0.15) is 32.1 Å². The van der Waals surface area contributed by atoms with E-state index in [1.54, 1.807) is 6.33 Å². The molecule has 15 heavy (non-hydrogen) atoms. The summed E-state index contributed by atoms with van der Waals surface area (Å²) in [6.07, 6.45) is 2.84. The minimum absolute atomic E-state index is 0.380. The molecule has 1 atom stereocenters. The summed E-state index contributed by atoms with van der Waals surface area (Å²) in [5, 5.41) is 7.72. The van der Waals surface area contributed by atoms with Crippen LogP contribution in [0.25, 0.3) is 0 Å². The second-order valence-corrected chi connectivity index (χ2v) is 4.19. The molecule has 0 aromatic carbocycles. The lowest BCUT2D eigenvalue weighted by atomic mass is 10.3. The van der Waals surface area contributed by atoms with Gasteiger partial charge < -0.3 is 10.1 Å². The van der Waals surface area contributed by atoms with E-state index in [1.165, 1.54) is 0 Å². The number of hydrogen-bond acceptors (Lipinski definition) is 4. The van der Waals surface area contributed by atoms with Crippen molar-refractivity contribution in [1.82, 2.24) is 20.1 Å². The lowest BCUT2D eigenvalue weighted by molar-refractivity contribution is 0.184. The standard InChI is InChI=1S/C10H18N4O/c1-8(2)11-5-10-12-7-14(13-10)9-3-4-15-6-9/h7-9,11H,3-6H2,1-2H3. The van der Waals surface area contributed by atoms with Gasteiger partial charge in [-0.2, -0.15) is 5.10 Å². The molecule has 0 saturated carbocycles. The zero-order valence-corrected chi connectivity index (χ0v) is 9.31. The molecule has 0 aliphatic carbocycles. The average Bonchev–Trinajstić information content (AvgIpc) is 2.85. The zero-order chi connectivity index (χ0) is 10.7. The first-order valence-electron chi connectivity index (χ1n) is 5.47. The first-order valence-corrected chi connectivity index (χ1v) is 5.47. The van der Waals surface area contributed by atoms with Crippen molar-refractivity contribution >= 4 is 0 Å². The van der Waals surface area contributed by atoms with Crippen molar-refractivity contribution in [2.24, 2.45) is 0 Å². The van der Waals surface area contributed by atoms with Gasteiger partial charge in [-0.1, -0.05) is 13.8 Å². The molecule has 2 rings (SSSR count). The van der Waals surface area contributed by atoms with E-state index in [0.29, 0.717) is 12.1 Å². The van der Waals surface area contributed by atoms with E-state index >= 15 is 0 Å². The smallest absolute Gasteiger partial charge is 0.164 e. The fraction of sp³-hybridized carbons (Fsp3) is 0.800. The molecule has 1 aromatic heterocycles. The fourth-order valence-electron chi connectivity index (χ4n) is 1.59. The van der Waals surface area contributed by atoms with Gasteiger partial charge in [0.1, 0.15) is 6.33 Å². The van der Waals surface area contributed by atoms with Crippen LogP contribution in [0.4, 0.5) is 0 Å². The van der Waals surface area contributed by atoms with Crippen LogP contribution < -0.4 is 5.32 Å². The quantitative estimate of drug-likeness (QED) is 0.796. The summed E-state index contributed by atoms with van der Waals surface area (Å²) >= 11 is 0. The first kappa shape index (κ1) is 10.6. The van der Waals surface area contributed by atoms with E-state index in [0.717, 1.165) is 32.0 Å². The van der Waals surface area contributed by atoms with Crippen molar-refractivity contribution in [3.63, 3.8) is 0 Å². The maximum atomic E-state index is 5.31. The Balaban J connectivity index is 1.91.